The molecular formula is C56H96N4O40. The second-order valence-corrected chi connectivity index (χ2v) is 25.1. The zero-order valence-corrected chi connectivity index (χ0v) is 54.4. The fraction of sp³-hybridized carbons (Fsp3) is 0.929. The largest absolute Gasteiger partial charge is 0.394 e. The maximum absolute atomic E-state index is 13.1. The molecule has 7 heterocycles. The van der Waals surface area contributed by atoms with Gasteiger partial charge in [-0.2, -0.15) is 0 Å². The van der Waals surface area contributed by atoms with Crippen molar-refractivity contribution in [2.45, 2.75) is 274 Å². The van der Waals surface area contributed by atoms with Gasteiger partial charge >= 0.3 is 0 Å². The molecule has 0 bridgehead atoms. The molecule has 100 heavy (non-hydrogen) atoms. The topological polar surface area (TPSA) is 691 Å². The molecule has 44 heteroatoms. The highest BCUT2D eigenvalue weighted by Gasteiger charge is 2.60. The first-order valence-corrected chi connectivity index (χ1v) is 31.9. The van der Waals surface area contributed by atoms with E-state index < -0.39 is 316 Å². The van der Waals surface area contributed by atoms with Crippen LogP contribution in [0.5, 0.6) is 0 Å². The Bertz CT molecular complexity index is 2570. The van der Waals surface area contributed by atoms with Gasteiger partial charge < -0.3 is 200 Å². The predicted octanol–water partition coefficient (Wildman–Crippen LogP) is -17.2. The van der Waals surface area contributed by atoms with Crippen LogP contribution in [0.15, 0.2) is 0 Å². The number of carbonyl (C=O) groups excluding carboxylic acids is 4. The van der Waals surface area contributed by atoms with E-state index in [2.05, 4.69) is 21.3 Å². The summed E-state index contributed by atoms with van der Waals surface area (Å²) >= 11 is 0. The lowest BCUT2D eigenvalue weighted by atomic mass is 9.93. The number of aliphatic hydroxyl groups excluding tert-OH is 22. The van der Waals surface area contributed by atoms with Gasteiger partial charge in [0.15, 0.2) is 44.0 Å². The lowest BCUT2D eigenvalue weighted by Crippen LogP contribution is -2.71. The standard InChI is InChI=1S/C56H96N4O40/c1-14-30(73)38(81)42(85)54(88-14)98-47-29(60-18(5)71)52(90-24(11-66)35(47)78)100-49-40(83)34(77)23(10-65)92-56(49)99-48-43(86)55(96-45-25(12-67)93-51(28(37(45)80)59-17(4)70)95-44(20(72)7-62)31(74)19(6-61)57-15(2)68)94-26(13-87-53-41(84)39(82)33(76)22(9-64)91-53)46(48)97-50-27(58-16(3)69)36(79)32(75)21(8-63)89-50/h14,19-56,61-67,72-86H,6-13H2,1-5H3,(H,57,68)(H,58,69)(H,59,70)(H,60,71)/t14-,19-,20+,21+,22+,23+,24+,25+,26+,27+,28+,29+,30+,31+,32+,33+,34+,35+,36+,37+,38+,39-,40-,41-,42-,43-,44+,45+,46+,47+,48+,49-,50-,51-,52-,53-,54-,55-,56+/m0/s1. The Morgan fingerprint density at radius 2 is 0.780 bits per heavy atom. The summed E-state index contributed by atoms with van der Waals surface area (Å²) in [6.07, 6.45) is -73.4. The summed E-state index contributed by atoms with van der Waals surface area (Å²) in [4.78, 5) is 50.9. The van der Waals surface area contributed by atoms with Crippen LogP contribution < -0.4 is 21.3 Å². The summed E-state index contributed by atoms with van der Waals surface area (Å²) in [7, 11) is 0. The van der Waals surface area contributed by atoms with Crippen molar-refractivity contribution in [3.63, 3.8) is 0 Å². The lowest BCUT2D eigenvalue weighted by molar-refractivity contribution is -0.407. The van der Waals surface area contributed by atoms with Crippen LogP contribution in [0.3, 0.4) is 0 Å². The van der Waals surface area contributed by atoms with E-state index in [0.29, 0.717) is 0 Å². The average Bonchev–Trinajstić information content (AvgIpc) is 0.763. The first-order chi connectivity index (χ1) is 47.2. The zero-order valence-electron chi connectivity index (χ0n) is 54.4. The van der Waals surface area contributed by atoms with Crippen molar-refractivity contribution >= 4 is 23.6 Å². The van der Waals surface area contributed by atoms with Gasteiger partial charge in [0.1, 0.15) is 183 Å². The number of hydrogen-bond acceptors (Lipinski definition) is 40. The molecule has 0 spiro atoms. The Balaban J connectivity index is 1.36. The number of hydrogen-bond donors (Lipinski definition) is 26. The van der Waals surface area contributed by atoms with Gasteiger partial charge in [0.05, 0.1) is 65.0 Å². The van der Waals surface area contributed by atoms with E-state index in [4.69, 9.17) is 66.3 Å². The van der Waals surface area contributed by atoms with Crippen LogP contribution in [0.1, 0.15) is 34.6 Å². The van der Waals surface area contributed by atoms with Crippen molar-refractivity contribution in [2.75, 3.05) is 52.9 Å². The van der Waals surface area contributed by atoms with Gasteiger partial charge in [-0.3, -0.25) is 19.2 Å². The molecule has 580 valence electrons. The van der Waals surface area contributed by atoms with Gasteiger partial charge in [-0.15, -0.1) is 0 Å². The van der Waals surface area contributed by atoms with Gasteiger partial charge in [0.2, 0.25) is 23.6 Å². The van der Waals surface area contributed by atoms with Crippen LogP contribution in [-0.4, -0.2) is 428 Å². The van der Waals surface area contributed by atoms with Gasteiger partial charge in [0.25, 0.3) is 0 Å². The highest BCUT2D eigenvalue weighted by atomic mass is 16.8. The lowest BCUT2D eigenvalue weighted by Gasteiger charge is -2.52. The van der Waals surface area contributed by atoms with Crippen LogP contribution in [0.2, 0.25) is 0 Å². The van der Waals surface area contributed by atoms with E-state index in [1.807, 2.05) is 0 Å². The molecule has 26 N–H and O–H groups in total. The third-order valence-corrected chi connectivity index (χ3v) is 17.9. The molecule has 0 aromatic heterocycles. The molecule has 7 fully saturated rings. The van der Waals surface area contributed by atoms with E-state index >= 15 is 0 Å². The molecule has 7 aliphatic heterocycles. The molecule has 0 saturated carbocycles. The molecule has 4 amide bonds. The fourth-order valence-corrected chi connectivity index (χ4v) is 12.5. The summed E-state index contributed by atoms with van der Waals surface area (Å²) in [5, 5.41) is 252. The Kier molecular flexibility index (Phi) is 31.1. The Morgan fingerprint density at radius 1 is 0.360 bits per heavy atom. The minimum absolute atomic E-state index is 0.800. The van der Waals surface area contributed by atoms with Crippen molar-refractivity contribution in [3.8, 4) is 0 Å². The highest BCUT2D eigenvalue weighted by Crippen LogP contribution is 2.40. The van der Waals surface area contributed by atoms with Crippen molar-refractivity contribution in [3.05, 3.63) is 0 Å². The second kappa shape index (κ2) is 37.1. The maximum atomic E-state index is 13.1. The first-order valence-electron chi connectivity index (χ1n) is 31.9. The van der Waals surface area contributed by atoms with Gasteiger partial charge in [-0.25, -0.2) is 0 Å². The zero-order chi connectivity index (χ0) is 74.2. The van der Waals surface area contributed by atoms with E-state index in [1.165, 1.54) is 6.92 Å². The van der Waals surface area contributed by atoms with Crippen LogP contribution in [0, 0.1) is 0 Å². The molecule has 44 nitrogen and oxygen atoms in total. The highest BCUT2D eigenvalue weighted by molar-refractivity contribution is 5.74. The number of ether oxygens (including phenoxy) is 14. The van der Waals surface area contributed by atoms with Crippen LogP contribution >= 0.6 is 0 Å². The van der Waals surface area contributed by atoms with Crippen molar-refractivity contribution in [1.82, 2.24) is 21.3 Å². The number of carbonyl (C=O) groups is 4. The first kappa shape index (κ1) is 83.7. The molecule has 0 radical (unpaired) electrons. The van der Waals surface area contributed by atoms with Crippen molar-refractivity contribution < 1.29 is 198 Å². The number of amides is 4. The molecule has 7 rings (SSSR count). The number of rotatable bonds is 29. The SMILES string of the molecule is CC(=O)N[C@H]1[C@H](O[C@@H]([C@H](O)[C@H](CO)NC(C)=O)[C@H](O)CO)O[C@H](CO)[C@@H](O[C@@H]2O[C@H](CO[C@H]3O[C@H](CO)[C@@H](O)[C@H](O)[C@@H]3O)[C@@H](O[C@@H]3O[C@H](CO)[C@@H](O)[C@H](O)[C@H]3NC(C)=O)[C@H](O[C@H]3O[C@H](CO)[C@@H](O)[C@H](O)[C@@H]3O[C@@H]3O[C@H](CO)[C@@H](O)[C@H](O[C@@H]4O[C@@H](C)[C@@H](O)[C@@H](O)[C@@H]4O)[C@H]3NC(C)=O)[C@@H]2O)[C@@H]1O. The maximum Gasteiger partial charge on any atom is 0.217 e. The van der Waals surface area contributed by atoms with Gasteiger partial charge in [-0.05, 0) is 6.92 Å². The van der Waals surface area contributed by atoms with Crippen molar-refractivity contribution in [2.24, 2.45) is 0 Å². The quantitative estimate of drug-likeness (QED) is 0.0331. The normalized spacial score (nSPS) is 45.4. The molecule has 7 saturated heterocycles. The van der Waals surface area contributed by atoms with Gasteiger partial charge in [0, 0.05) is 27.7 Å². The van der Waals surface area contributed by atoms with E-state index in [0.717, 1.165) is 27.7 Å². The molecule has 39 atom stereocenters. The molecule has 0 unspecified atom stereocenters. The molecular weight excluding hydrogens is 1370 g/mol. The molecule has 0 aromatic carbocycles. The van der Waals surface area contributed by atoms with Crippen molar-refractivity contribution in [1.29, 1.82) is 0 Å². The fourth-order valence-electron chi connectivity index (χ4n) is 12.5. The second-order valence-electron chi connectivity index (χ2n) is 25.1. The number of nitrogens with one attached hydrogen (secondary N) is 4. The summed E-state index contributed by atoms with van der Waals surface area (Å²) in [5.74, 6) is -3.63. The average molecular weight is 1470 g/mol. The monoisotopic (exact) mass is 1460 g/mol. The smallest absolute Gasteiger partial charge is 0.217 e. The summed E-state index contributed by atoms with van der Waals surface area (Å²) in [6.45, 7) is -3.86. The predicted molar refractivity (Wildman–Crippen MR) is 312 cm³/mol. The third kappa shape index (κ3) is 19.2. The summed E-state index contributed by atoms with van der Waals surface area (Å²) in [6, 6.07) is -7.41. The third-order valence-electron chi connectivity index (χ3n) is 17.9. The van der Waals surface area contributed by atoms with E-state index in [-0.39, 0.29) is 0 Å². The minimum atomic E-state index is -2.63. The van der Waals surface area contributed by atoms with E-state index in [1.54, 1.807) is 0 Å². The minimum Gasteiger partial charge on any atom is -0.394 e. The van der Waals surface area contributed by atoms with E-state index in [9.17, 15) is 132 Å². The summed E-state index contributed by atoms with van der Waals surface area (Å²) in [5.41, 5.74) is 0. The Labute approximate surface area is 568 Å². The molecule has 0 aliphatic carbocycles. The van der Waals surface area contributed by atoms with Crippen LogP contribution in [-0.2, 0) is 85.5 Å². The summed E-state index contributed by atoms with van der Waals surface area (Å²) < 4.78 is 84.6. The number of aliphatic hydroxyl groups is 22. The molecule has 0 aromatic rings. The molecule has 7 aliphatic rings. The van der Waals surface area contributed by atoms with Gasteiger partial charge in [-0.1, -0.05) is 0 Å². The Hall–Kier alpha value is -3.56. The van der Waals surface area contributed by atoms with Crippen LogP contribution in [0.4, 0.5) is 0 Å². The van der Waals surface area contributed by atoms with Crippen LogP contribution in [0.25, 0.3) is 0 Å². The Morgan fingerprint density at radius 3 is 1.32 bits per heavy atom.